The van der Waals surface area contributed by atoms with Gasteiger partial charge in [-0.3, -0.25) is 4.79 Å². The number of methoxy groups -OCH3 is 1. The number of hydrogen-bond acceptors (Lipinski definition) is 5. The van der Waals surface area contributed by atoms with Crippen LogP contribution >= 0.6 is 0 Å². The molecule has 6 heteroatoms. The molecule has 0 bridgehead atoms. The van der Waals surface area contributed by atoms with Crippen LogP contribution in [0.4, 0.5) is 5.82 Å². The van der Waals surface area contributed by atoms with Gasteiger partial charge in [-0.15, -0.1) is 10.2 Å². The van der Waals surface area contributed by atoms with Crippen LogP contribution in [0, 0.1) is 5.92 Å². The van der Waals surface area contributed by atoms with Crippen LogP contribution in [0.3, 0.4) is 0 Å². The lowest BCUT2D eigenvalue weighted by Gasteiger charge is -2.36. The third-order valence-corrected chi connectivity index (χ3v) is 5.27. The maximum atomic E-state index is 12.5. The molecule has 1 aliphatic heterocycles. The zero-order chi connectivity index (χ0) is 19.2. The van der Waals surface area contributed by atoms with Crippen LogP contribution < -0.4 is 9.64 Å². The Morgan fingerprint density at radius 2 is 1.81 bits per heavy atom. The predicted octanol–water partition coefficient (Wildman–Crippen LogP) is 3.24. The highest BCUT2D eigenvalue weighted by atomic mass is 16.5. The Morgan fingerprint density at radius 3 is 2.41 bits per heavy atom. The van der Waals surface area contributed by atoms with Gasteiger partial charge in [0, 0.05) is 37.7 Å². The fourth-order valence-electron chi connectivity index (χ4n) is 3.48. The fourth-order valence-corrected chi connectivity index (χ4v) is 3.48. The van der Waals surface area contributed by atoms with Gasteiger partial charge in [-0.05, 0) is 37.1 Å². The van der Waals surface area contributed by atoms with Crippen LogP contribution in [0.1, 0.15) is 26.7 Å². The van der Waals surface area contributed by atoms with Gasteiger partial charge in [-0.2, -0.15) is 0 Å². The monoisotopic (exact) mass is 368 g/mol. The van der Waals surface area contributed by atoms with E-state index in [1.54, 1.807) is 7.11 Å². The van der Waals surface area contributed by atoms with Crippen molar-refractivity contribution in [3.05, 3.63) is 36.4 Å². The Labute approximate surface area is 161 Å². The molecule has 1 aromatic carbocycles. The standard InChI is InChI=1S/C21H28N4O2/c1-4-16(5-2)21(26)25-13-11-24(12-14-25)20-10-9-19(22-23-20)17-7-6-8-18(15-17)27-3/h6-10,15-16H,4-5,11-14H2,1-3H3. The Morgan fingerprint density at radius 1 is 1.07 bits per heavy atom. The lowest BCUT2D eigenvalue weighted by Crippen LogP contribution is -2.50. The Hall–Kier alpha value is -2.63. The first-order chi connectivity index (χ1) is 13.2. The maximum Gasteiger partial charge on any atom is 0.225 e. The molecule has 0 aliphatic carbocycles. The van der Waals surface area contributed by atoms with Crippen molar-refractivity contribution < 1.29 is 9.53 Å². The van der Waals surface area contributed by atoms with Crippen LogP contribution in [0.15, 0.2) is 36.4 Å². The molecule has 0 spiro atoms. The van der Waals surface area contributed by atoms with Crippen molar-refractivity contribution in [2.75, 3.05) is 38.2 Å². The number of hydrogen-bond donors (Lipinski definition) is 0. The molecular weight excluding hydrogens is 340 g/mol. The molecule has 1 amide bonds. The second kappa shape index (κ2) is 8.84. The number of carbonyl (C=O) groups excluding carboxylic acids is 1. The van der Waals surface area contributed by atoms with E-state index in [9.17, 15) is 4.79 Å². The highest BCUT2D eigenvalue weighted by molar-refractivity contribution is 5.79. The van der Waals surface area contributed by atoms with Gasteiger partial charge in [0.2, 0.25) is 5.91 Å². The van der Waals surface area contributed by atoms with Gasteiger partial charge in [-0.1, -0.05) is 26.0 Å². The average molecular weight is 368 g/mol. The summed E-state index contributed by atoms with van der Waals surface area (Å²) >= 11 is 0. The molecular formula is C21H28N4O2. The van der Waals surface area contributed by atoms with Crippen LogP contribution in [-0.2, 0) is 4.79 Å². The minimum atomic E-state index is 0.151. The topological polar surface area (TPSA) is 58.6 Å². The molecule has 3 rings (SSSR count). The van der Waals surface area contributed by atoms with Gasteiger partial charge in [0.1, 0.15) is 5.75 Å². The number of anilines is 1. The van der Waals surface area contributed by atoms with E-state index >= 15 is 0 Å². The highest BCUT2D eigenvalue weighted by Gasteiger charge is 2.26. The molecule has 0 radical (unpaired) electrons. The summed E-state index contributed by atoms with van der Waals surface area (Å²) < 4.78 is 5.27. The molecule has 1 fully saturated rings. The van der Waals surface area contributed by atoms with Crippen molar-refractivity contribution in [1.82, 2.24) is 15.1 Å². The first-order valence-corrected chi connectivity index (χ1v) is 9.68. The average Bonchev–Trinajstić information content (AvgIpc) is 2.75. The molecule has 1 aromatic heterocycles. The van der Waals surface area contributed by atoms with Gasteiger partial charge in [0.25, 0.3) is 0 Å². The molecule has 27 heavy (non-hydrogen) atoms. The van der Waals surface area contributed by atoms with Crippen molar-refractivity contribution in [2.24, 2.45) is 5.92 Å². The minimum Gasteiger partial charge on any atom is -0.497 e. The summed E-state index contributed by atoms with van der Waals surface area (Å²) in [6.07, 6.45) is 1.82. The van der Waals surface area contributed by atoms with E-state index in [2.05, 4.69) is 28.9 Å². The number of benzene rings is 1. The molecule has 0 saturated carbocycles. The first-order valence-electron chi connectivity index (χ1n) is 9.68. The van der Waals surface area contributed by atoms with Gasteiger partial charge in [0.05, 0.1) is 12.8 Å². The lowest BCUT2D eigenvalue weighted by molar-refractivity contribution is -0.136. The van der Waals surface area contributed by atoms with Gasteiger partial charge < -0.3 is 14.5 Å². The Balaban J connectivity index is 1.63. The summed E-state index contributed by atoms with van der Waals surface area (Å²) in [5.41, 5.74) is 1.80. The molecule has 0 N–H and O–H groups in total. The number of piperazine rings is 1. The molecule has 144 valence electrons. The van der Waals surface area contributed by atoms with E-state index in [0.29, 0.717) is 5.91 Å². The fraction of sp³-hybridized carbons (Fsp3) is 0.476. The smallest absolute Gasteiger partial charge is 0.225 e. The summed E-state index contributed by atoms with van der Waals surface area (Å²) in [6, 6.07) is 11.8. The van der Waals surface area contributed by atoms with E-state index in [0.717, 1.165) is 61.8 Å². The Bertz CT molecular complexity index is 751. The number of nitrogens with zero attached hydrogens (tertiary/aromatic N) is 4. The quantitative estimate of drug-likeness (QED) is 0.783. The van der Waals surface area contributed by atoms with Gasteiger partial charge >= 0.3 is 0 Å². The first kappa shape index (κ1) is 19.1. The summed E-state index contributed by atoms with van der Waals surface area (Å²) in [4.78, 5) is 16.7. The van der Waals surface area contributed by atoms with E-state index in [1.165, 1.54) is 0 Å². The number of aromatic nitrogens is 2. The van der Waals surface area contributed by atoms with E-state index in [4.69, 9.17) is 4.74 Å². The molecule has 6 nitrogen and oxygen atoms in total. The van der Waals surface area contributed by atoms with Crippen molar-refractivity contribution in [3.63, 3.8) is 0 Å². The normalized spacial score (nSPS) is 14.5. The SMILES string of the molecule is CCC(CC)C(=O)N1CCN(c2ccc(-c3cccc(OC)c3)nn2)CC1. The number of amides is 1. The number of carbonyl (C=O) groups is 1. The molecule has 0 unspecified atom stereocenters. The summed E-state index contributed by atoms with van der Waals surface area (Å²) in [5, 5.41) is 8.78. The maximum absolute atomic E-state index is 12.5. The third kappa shape index (κ3) is 4.38. The van der Waals surface area contributed by atoms with Gasteiger partial charge in [-0.25, -0.2) is 0 Å². The zero-order valence-corrected chi connectivity index (χ0v) is 16.4. The predicted molar refractivity (Wildman–Crippen MR) is 107 cm³/mol. The third-order valence-electron chi connectivity index (χ3n) is 5.27. The lowest BCUT2D eigenvalue weighted by atomic mass is 10.0. The van der Waals surface area contributed by atoms with E-state index < -0.39 is 0 Å². The zero-order valence-electron chi connectivity index (χ0n) is 16.4. The number of ether oxygens (including phenoxy) is 1. The molecule has 2 aromatic rings. The highest BCUT2D eigenvalue weighted by Crippen LogP contribution is 2.23. The van der Waals surface area contributed by atoms with Crippen molar-refractivity contribution in [2.45, 2.75) is 26.7 Å². The second-order valence-electron chi connectivity index (χ2n) is 6.83. The number of rotatable bonds is 6. The minimum absolute atomic E-state index is 0.151. The largest absolute Gasteiger partial charge is 0.497 e. The molecule has 1 aliphatic rings. The van der Waals surface area contributed by atoms with E-state index in [1.807, 2.05) is 41.3 Å². The van der Waals surface area contributed by atoms with Crippen LogP contribution in [0.5, 0.6) is 5.75 Å². The van der Waals surface area contributed by atoms with Crippen LogP contribution in [-0.4, -0.2) is 54.3 Å². The van der Waals surface area contributed by atoms with Crippen LogP contribution in [0.2, 0.25) is 0 Å². The summed E-state index contributed by atoms with van der Waals surface area (Å²) in [7, 11) is 1.65. The van der Waals surface area contributed by atoms with Crippen molar-refractivity contribution in [1.29, 1.82) is 0 Å². The summed E-state index contributed by atoms with van der Waals surface area (Å²) in [6.45, 7) is 7.24. The van der Waals surface area contributed by atoms with E-state index in [-0.39, 0.29) is 5.92 Å². The van der Waals surface area contributed by atoms with Crippen molar-refractivity contribution >= 4 is 11.7 Å². The van der Waals surface area contributed by atoms with Crippen molar-refractivity contribution in [3.8, 4) is 17.0 Å². The molecule has 2 heterocycles. The van der Waals surface area contributed by atoms with Gasteiger partial charge in [0.15, 0.2) is 5.82 Å². The molecule has 1 saturated heterocycles. The second-order valence-corrected chi connectivity index (χ2v) is 6.83. The Kier molecular flexibility index (Phi) is 6.27. The van der Waals surface area contributed by atoms with Crippen LogP contribution in [0.25, 0.3) is 11.3 Å². The summed E-state index contributed by atoms with van der Waals surface area (Å²) in [5.74, 6) is 2.10. The molecule has 0 atom stereocenters.